The molecule has 2 fully saturated rings. The molecular weight excluding hydrogens is 520 g/mol. The molecule has 10 nitrogen and oxygen atoms in total. The number of hydrogen-bond donors (Lipinski definition) is 2. The van der Waals surface area contributed by atoms with Crippen LogP contribution in [0.1, 0.15) is 62.4 Å². The Kier molecular flexibility index (Phi) is 7.55. The first-order valence-corrected chi connectivity index (χ1v) is 14.7. The summed E-state index contributed by atoms with van der Waals surface area (Å²) in [6, 6.07) is 11.9. The summed E-state index contributed by atoms with van der Waals surface area (Å²) in [6.45, 7) is 1.84. The normalized spacial score (nSPS) is 21.7. The van der Waals surface area contributed by atoms with Gasteiger partial charge >= 0.3 is 0 Å². The maximum absolute atomic E-state index is 14.5. The zero-order valence-electron chi connectivity index (χ0n) is 21.8. The van der Waals surface area contributed by atoms with Crippen LogP contribution in [0.3, 0.4) is 0 Å². The predicted molar refractivity (Wildman–Crippen MR) is 143 cm³/mol. The first-order chi connectivity index (χ1) is 18.7. The largest absolute Gasteiger partial charge is 0.451 e. The van der Waals surface area contributed by atoms with Gasteiger partial charge in [-0.25, -0.2) is 9.29 Å². The van der Waals surface area contributed by atoms with Crippen molar-refractivity contribution < 1.29 is 27.2 Å². The quantitative estimate of drug-likeness (QED) is 0.475. The van der Waals surface area contributed by atoms with Gasteiger partial charge < -0.3 is 15.1 Å². The molecule has 0 spiro atoms. The Morgan fingerprint density at radius 1 is 1.08 bits per heavy atom. The standard InChI is InChI=1S/C28H32N4O6S/c1-19-12-13-21(22(33)18-30-19)32(39(36,37)25-11-5-8-16-29-25)27(35)28(14-6-2-7-15-28)31-26(34)24-17-20-9-3-4-10-23(20)38-24/h3-5,8-11,16-17,19,21,30H,2,6-7,12-15,18H2,1H3,(H,31,34)/t19-,21+/m1/s1. The van der Waals surface area contributed by atoms with Crippen LogP contribution in [0.25, 0.3) is 11.0 Å². The topological polar surface area (TPSA) is 139 Å². The predicted octanol–water partition coefficient (Wildman–Crippen LogP) is 3.19. The second kappa shape index (κ2) is 10.9. The molecule has 0 radical (unpaired) electrons. The van der Waals surface area contributed by atoms with Gasteiger partial charge in [0.15, 0.2) is 16.6 Å². The number of ketones is 1. The lowest BCUT2D eigenvalue weighted by Crippen LogP contribution is -2.64. The minimum Gasteiger partial charge on any atom is -0.451 e. The fourth-order valence-corrected chi connectivity index (χ4v) is 7.06. The summed E-state index contributed by atoms with van der Waals surface area (Å²) >= 11 is 0. The van der Waals surface area contributed by atoms with E-state index in [2.05, 4.69) is 15.6 Å². The number of hydrogen-bond acceptors (Lipinski definition) is 8. The Morgan fingerprint density at radius 2 is 1.82 bits per heavy atom. The molecule has 1 aromatic carbocycles. The summed E-state index contributed by atoms with van der Waals surface area (Å²) in [5, 5.41) is 6.35. The van der Waals surface area contributed by atoms with Crippen molar-refractivity contribution in [2.24, 2.45) is 0 Å². The van der Waals surface area contributed by atoms with E-state index in [1.54, 1.807) is 24.3 Å². The highest BCUT2D eigenvalue weighted by Gasteiger charge is 2.51. The Balaban J connectivity index is 1.56. The van der Waals surface area contributed by atoms with Crippen molar-refractivity contribution in [3.05, 3.63) is 60.5 Å². The lowest BCUT2D eigenvalue weighted by Gasteiger charge is -2.41. The minimum atomic E-state index is -4.53. The van der Waals surface area contributed by atoms with Crippen molar-refractivity contribution in [2.45, 2.75) is 74.5 Å². The third kappa shape index (κ3) is 5.33. The fourth-order valence-electron chi connectivity index (χ4n) is 5.46. The highest BCUT2D eigenvalue weighted by atomic mass is 32.2. The van der Waals surface area contributed by atoms with E-state index in [0.29, 0.717) is 29.2 Å². The highest BCUT2D eigenvalue weighted by Crippen LogP contribution is 2.34. The van der Waals surface area contributed by atoms with Gasteiger partial charge in [0.1, 0.15) is 17.2 Å². The van der Waals surface area contributed by atoms with Crippen LogP contribution in [-0.2, 0) is 19.6 Å². The number of nitrogens with one attached hydrogen (secondary N) is 2. The molecule has 206 valence electrons. The molecular formula is C28H32N4O6S. The molecule has 3 heterocycles. The van der Waals surface area contributed by atoms with Crippen molar-refractivity contribution in [2.75, 3.05) is 6.54 Å². The summed E-state index contributed by atoms with van der Waals surface area (Å²) in [7, 11) is -4.53. The molecule has 5 rings (SSSR count). The number of nitrogens with zero attached hydrogens (tertiary/aromatic N) is 2. The molecule has 2 aliphatic rings. The molecule has 2 atom stereocenters. The first kappa shape index (κ1) is 27.0. The van der Waals surface area contributed by atoms with Gasteiger partial charge in [0.2, 0.25) is 0 Å². The molecule has 0 unspecified atom stereocenters. The molecule has 11 heteroatoms. The maximum atomic E-state index is 14.5. The van der Waals surface area contributed by atoms with Crippen molar-refractivity contribution in [3.63, 3.8) is 0 Å². The third-order valence-corrected chi connectivity index (χ3v) is 9.34. The van der Waals surface area contributed by atoms with Crippen LogP contribution in [0.4, 0.5) is 0 Å². The van der Waals surface area contributed by atoms with Crippen LogP contribution < -0.4 is 10.6 Å². The number of fused-ring (bicyclic) bond motifs is 1. The number of para-hydroxylation sites is 1. The number of carbonyl (C=O) groups excluding carboxylic acids is 3. The van der Waals surface area contributed by atoms with Gasteiger partial charge in [-0.1, -0.05) is 43.5 Å². The molecule has 2 amide bonds. The number of pyridine rings is 1. The van der Waals surface area contributed by atoms with Gasteiger partial charge in [0, 0.05) is 17.6 Å². The second-order valence-electron chi connectivity index (χ2n) is 10.4. The number of aromatic nitrogens is 1. The molecule has 1 saturated heterocycles. The van der Waals surface area contributed by atoms with Crippen LogP contribution in [0.15, 0.2) is 64.2 Å². The van der Waals surface area contributed by atoms with Crippen LogP contribution in [0, 0.1) is 0 Å². The zero-order valence-corrected chi connectivity index (χ0v) is 22.6. The summed E-state index contributed by atoms with van der Waals surface area (Å²) in [5.41, 5.74) is -1.00. The van der Waals surface area contributed by atoms with Crippen LogP contribution in [0.2, 0.25) is 0 Å². The van der Waals surface area contributed by atoms with Gasteiger partial charge in [0.05, 0.1) is 6.54 Å². The fraction of sp³-hybridized carbons (Fsp3) is 0.429. The van der Waals surface area contributed by atoms with E-state index in [4.69, 9.17) is 4.42 Å². The number of benzene rings is 1. The van der Waals surface area contributed by atoms with Crippen LogP contribution in [0.5, 0.6) is 0 Å². The van der Waals surface area contributed by atoms with Crippen molar-refractivity contribution in [1.29, 1.82) is 0 Å². The number of carbonyl (C=O) groups is 3. The molecule has 39 heavy (non-hydrogen) atoms. The SMILES string of the molecule is C[C@@H]1CC[C@H](N(C(=O)C2(NC(=O)c3cc4ccccc4o3)CCCCC2)S(=O)(=O)c2ccccn2)C(=O)CN1. The van der Waals surface area contributed by atoms with Crippen LogP contribution in [-0.4, -0.2) is 59.5 Å². The van der Waals surface area contributed by atoms with Gasteiger partial charge in [0.25, 0.3) is 21.8 Å². The minimum absolute atomic E-state index is 0.0233. The number of rotatable bonds is 6. The Bertz CT molecular complexity index is 1450. The highest BCUT2D eigenvalue weighted by molar-refractivity contribution is 7.89. The van der Waals surface area contributed by atoms with Gasteiger partial charge in [-0.15, -0.1) is 0 Å². The van der Waals surface area contributed by atoms with E-state index in [9.17, 15) is 22.8 Å². The smallest absolute Gasteiger partial charge is 0.287 e. The zero-order chi connectivity index (χ0) is 27.6. The number of sulfonamides is 1. The summed E-state index contributed by atoms with van der Waals surface area (Å²) < 4.78 is 34.5. The maximum Gasteiger partial charge on any atom is 0.287 e. The molecule has 1 saturated carbocycles. The van der Waals surface area contributed by atoms with Gasteiger partial charge in [-0.2, -0.15) is 8.42 Å². The molecule has 1 aliphatic carbocycles. The van der Waals surface area contributed by atoms with E-state index in [1.807, 2.05) is 19.1 Å². The van der Waals surface area contributed by atoms with E-state index in [-0.39, 0.29) is 42.6 Å². The summed E-state index contributed by atoms with van der Waals surface area (Å²) in [5.74, 6) is -1.80. The molecule has 3 aromatic rings. The second-order valence-corrected chi connectivity index (χ2v) is 12.1. The number of Topliss-reactive ketones (excluding diaryl/α,β-unsaturated/α-hetero) is 1. The van der Waals surface area contributed by atoms with Gasteiger partial charge in [-0.05, 0) is 56.9 Å². The van der Waals surface area contributed by atoms with Gasteiger partial charge in [-0.3, -0.25) is 14.4 Å². The summed E-state index contributed by atoms with van der Waals surface area (Å²) in [6.07, 6.45) is 4.53. The van der Waals surface area contributed by atoms with Crippen LogP contribution >= 0.6 is 0 Å². The van der Waals surface area contributed by atoms with Crippen molar-refractivity contribution >= 4 is 38.6 Å². The third-order valence-electron chi connectivity index (χ3n) is 7.63. The van der Waals surface area contributed by atoms with E-state index in [0.717, 1.165) is 11.8 Å². The lowest BCUT2D eigenvalue weighted by molar-refractivity contribution is -0.140. The van der Waals surface area contributed by atoms with Crippen molar-refractivity contribution in [3.8, 4) is 0 Å². The average Bonchev–Trinajstić information content (AvgIpc) is 3.32. The first-order valence-electron chi connectivity index (χ1n) is 13.3. The Labute approximate surface area is 227 Å². The van der Waals surface area contributed by atoms with Crippen molar-refractivity contribution in [1.82, 2.24) is 19.9 Å². The van der Waals surface area contributed by atoms with E-state index >= 15 is 0 Å². The average molecular weight is 553 g/mol. The monoisotopic (exact) mass is 552 g/mol. The summed E-state index contributed by atoms with van der Waals surface area (Å²) in [4.78, 5) is 45.2. The molecule has 0 bridgehead atoms. The molecule has 2 aromatic heterocycles. The molecule has 1 aliphatic heterocycles. The lowest BCUT2D eigenvalue weighted by atomic mass is 9.80. The Morgan fingerprint density at radius 3 is 2.54 bits per heavy atom. The van der Waals surface area contributed by atoms with E-state index in [1.165, 1.54) is 18.3 Å². The Hall–Kier alpha value is -3.57. The number of amides is 2. The van der Waals surface area contributed by atoms with E-state index < -0.39 is 39.2 Å². The number of furan rings is 1. The molecule has 2 N–H and O–H groups in total.